The zero-order valence-corrected chi connectivity index (χ0v) is 14.6. The fourth-order valence-electron chi connectivity index (χ4n) is 2.52. The Labute approximate surface area is 154 Å². The molecule has 1 heterocycles. The Morgan fingerprint density at radius 1 is 1.07 bits per heavy atom. The molecule has 0 radical (unpaired) electrons. The van der Waals surface area contributed by atoms with Crippen molar-refractivity contribution in [2.75, 3.05) is 20.3 Å². The van der Waals surface area contributed by atoms with E-state index in [0.29, 0.717) is 35.8 Å². The minimum atomic E-state index is -2.96. The van der Waals surface area contributed by atoms with Crippen molar-refractivity contribution in [2.45, 2.75) is 19.6 Å². The first kappa shape index (κ1) is 18.8. The molecule has 27 heavy (non-hydrogen) atoms. The number of carbonyl (C=O) groups is 1. The van der Waals surface area contributed by atoms with Crippen LogP contribution in [0.4, 0.5) is 8.78 Å². The van der Waals surface area contributed by atoms with Crippen LogP contribution in [0, 0.1) is 0 Å². The molecule has 0 spiro atoms. The molecule has 0 saturated carbocycles. The van der Waals surface area contributed by atoms with Crippen molar-refractivity contribution in [1.29, 1.82) is 0 Å². The second kappa shape index (κ2) is 8.57. The van der Waals surface area contributed by atoms with Gasteiger partial charge in [-0.2, -0.15) is 8.78 Å². The van der Waals surface area contributed by atoms with Crippen LogP contribution in [0.5, 0.6) is 23.0 Å². The van der Waals surface area contributed by atoms with Gasteiger partial charge in [-0.3, -0.25) is 0 Å². The minimum Gasteiger partial charge on any atom is -0.493 e. The summed E-state index contributed by atoms with van der Waals surface area (Å²) in [5, 5.41) is 0. The van der Waals surface area contributed by atoms with Gasteiger partial charge in [-0.15, -0.1) is 0 Å². The number of halogens is 2. The molecule has 0 N–H and O–H groups in total. The lowest BCUT2D eigenvalue weighted by Gasteiger charge is -2.12. The molecular formula is C19H18F2O6. The second-order valence-corrected chi connectivity index (χ2v) is 5.65. The molecule has 2 aromatic carbocycles. The minimum absolute atomic E-state index is 0.0570. The molecular weight excluding hydrogens is 362 g/mol. The summed E-state index contributed by atoms with van der Waals surface area (Å²) in [6.07, 6.45) is 0.765. The number of hydrogen-bond donors (Lipinski definition) is 0. The standard InChI is InChI=1S/C19H18F2O6/c1-23-16-9-12(3-5-15(16)27-19(20)21)11-26-18(22)13-4-6-14-17(10-13)25-8-2-7-24-14/h3-6,9-10,19H,2,7-8,11H2,1H3. The van der Waals surface area contributed by atoms with Crippen LogP contribution in [0.15, 0.2) is 36.4 Å². The number of hydrogen-bond acceptors (Lipinski definition) is 6. The fraction of sp³-hybridized carbons (Fsp3) is 0.316. The normalized spacial score (nSPS) is 13.0. The summed E-state index contributed by atoms with van der Waals surface area (Å²) in [6, 6.07) is 9.15. The van der Waals surface area contributed by atoms with Crippen LogP contribution in [0.3, 0.4) is 0 Å². The maximum absolute atomic E-state index is 12.4. The highest BCUT2D eigenvalue weighted by atomic mass is 19.3. The van der Waals surface area contributed by atoms with E-state index in [1.807, 2.05) is 0 Å². The third kappa shape index (κ3) is 4.78. The Morgan fingerprint density at radius 3 is 2.59 bits per heavy atom. The molecule has 1 aliphatic heterocycles. The molecule has 144 valence electrons. The summed E-state index contributed by atoms with van der Waals surface area (Å²) < 4.78 is 50.4. The molecule has 3 rings (SSSR count). The van der Waals surface area contributed by atoms with Crippen molar-refractivity contribution in [1.82, 2.24) is 0 Å². The van der Waals surface area contributed by atoms with E-state index >= 15 is 0 Å². The van der Waals surface area contributed by atoms with Gasteiger partial charge in [-0.1, -0.05) is 6.07 Å². The number of carbonyl (C=O) groups excluding carboxylic acids is 1. The van der Waals surface area contributed by atoms with Crippen molar-refractivity contribution >= 4 is 5.97 Å². The third-order valence-corrected chi connectivity index (χ3v) is 3.80. The first-order chi connectivity index (χ1) is 13.1. The lowest BCUT2D eigenvalue weighted by atomic mass is 10.2. The summed E-state index contributed by atoms with van der Waals surface area (Å²) in [6.45, 7) is -1.94. The van der Waals surface area contributed by atoms with Gasteiger partial charge in [0.2, 0.25) is 0 Å². The number of esters is 1. The van der Waals surface area contributed by atoms with Crippen LogP contribution < -0.4 is 18.9 Å². The van der Waals surface area contributed by atoms with Gasteiger partial charge >= 0.3 is 12.6 Å². The average Bonchev–Trinajstić information content (AvgIpc) is 2.91. The molecule has 0 amide bonds. The molecule has 0 bridgehead atoms. The fourth-order valence-corrected chi connectivity index (χ4v) is 2.52. The Balaban J connectivity index is 1.66. The van der Waals surface area contributed by atoms with E-state index in [9.17, 15) is 13.6 Å². The molecule has 0 aromatic heterocycles. The summed E-state index contributed by atoms with van der Waals surface area (Å²) in [7, 11) is 1.33. The smallest absolute Gasteiger partial charge is 0.387 e. The van der Waals surface area contributed by atoms with Crippen molar-refractivity contribution in [3.05, 3.63) is 47.5 Å². The number of benzene rings is 2. The topological polar surface area (TPSA) is 63.2 Å². The summed E-state index contributed by atoms with van der Waals surface area (Å²) in [5.74, 6) is 0.572. The van der Waals surface area contributed by atoms with E-state index in [1.165, 1.54) is 25.3 Å². The molecule has 0 saturated heterocycles. The number of fused-ring (bicyclic) bond motifs is 1. The van der Waals surface area contributed by atoms with Gasteiger partial charge in [0.15, 0.2) is 23.0 Å². The molecule has 0 fully saturated rings. The predicted octanol–water partition coefficient (Wildman–Crippen LogP) is 3.81. The van der Waals surface area contributed by atoms with Gasteiger partial charge in [-0.25, -0.2) is 4.79 Å². The first-order valence-corrected chi connectivity index (χ1v) is 8.25. The average molecular weight is 380 g/mol. The Morgan fingerprint density at radius 2 is 1.85 bits per heavy atom. The van der Waals surface area contributed by atoms with Crippen LogP contribution in [0.25, 0.3) is 0 Å². The zero-order valence-electron chi connectivity index (χ0n) is 14.6. The van der Waals surface area contributed by atoms with E-state index in [-0.39, 0.29) is 18.1 Å². The van der Waals surface area contributed by atoms with Crippen molar-refractivity contribution < 1.29 is 37.3 Å². The van der Waals surface area contributed by atoms with Crippen LogP contribution in [-0.4, -0.2) is 32.9 Å². The van der Waals surface area contributed by atoms with Gasteiger partial charge in [-0.05, 0) is 35.9 Å². The summed E-state index contributed by atoms with van der Waals surface area (Å²) in [5.41, 5.74) is 0.889. The lowest BCUT2D eigenvalue weighted by molar-refractivity contribution is -0.0512. The lowest BCUT2D eigenvalue weighted by Crippen LogP contribution is -2.07. The number of rotatable bonds is 6. The molecule has 0 unspecified atom stereocenters. The van der Waals surface area contributed by atoms with E-state index in [2.05, 4.69) is 4.74 Å². The first-order valence-electron chi connectivity index (χ1n) is 8.25. The highest BCUT2D eigenvalue weighted by Crippen LogP contribution is 2.31. The van der Waals surface area contributed by atoms with Crippen molar-refractivity contribution in [3.63, 3.8) is 0 Å². The molecule has 2 aromatic rings. The number of ether oxygens (including phenoxy) is 5. The SMILES string of the molecule is COc1cc(COC(=O)c2ccc3c(c2)OCCCO3)ccc1OC(F)F. The Bertz CT molecular complexity index is 809. The van der Waals surface area contributed by atoms with Crippen LogP contribution in [0.2, 0.25) is 0 Å². The van der Waals surface area contributed by atoms with E-state index in [4.69, 9.17) is 18.9 Å². The maximum atomic E-state index is 12.4. The van der Waals surface area contributed by atoms with Gasteiger partial charge in [0.25, 0.3) is 0 Å². The van der Waals surface area contributed by atoms with Gasteiger partial charge in [0.1, 0.15) is 6.61 Å². The highest BCUT2D eigenvalue weighted by Gasteiger charge is 2.16. The summed E-state index contributed by atoms with van der Waals surface area (Å²) >= 11 is 0. The van der Waals surface area contributed by atoms with Gasteiger partial charge in [0.05, 0.1) is 25.9 Å². The highest BCUT2D eigenvalue weighted by molar-refractivity contribution is 5.90. The van der Waals surface area contributed by atoms with Crippen LogP contribution >= 0.6 is 0 Å². The molecule has 6 nitrogen and oxygen atoms in total. The molecule has 0 atom stereocenters. The number of methoxy groups -OCH3 is 1. The molecule has 0 aliphatic carbocycles. The van der Waals surface area contributed by atoms with E-state index < -0.39 is 12.6 Å². The Hall–Kier alpha value is -3.03. The van der Waals surface area contributed by atoms with Crippen LogP contribution in [-0.2, 0) is 11.3 Å². The second-order valence-electron chi connectivity index (χ2n) is 5.65. The van der Waals surface area contributed by atoms with Crippen LogP contribution in [0.1, 0.15) is 22.3 Å². The van der Waals surface area contributed by atoms with Crippen molar-refractivity contribution in [3.8, 4) is 23.0 Å². The maximum Gasteiger partial charge on any atom is 0.387 e. The Kier molecular flexibility index (Phi) is 5.95. The van der Waals surface area contributed by atoms with E-state index in [0.717, 1.165) is 6.42 Å². The van der Waals surface area contributed by atoms with Gasteiger partial charge < -0.3 is 23.7 Å². The quantitative estimate of drug-likeness (QED) is 0.710. The van der Waals surface area contributed by atoms with E-state index in [1.54, 1.807) is 18.2 Å². The summed E-state index contributed by atoms with van der Waals surface area (Å²) in [4.78, 5) is 12.3. The number of alkyl halides is 2. The molecule has 8 heteroatoms. The monoisotopic (exact) mass is 380 g/mol. The predicted molar refractivity (Wildman–Crippen MR) is 90.8 cm³/mol. The largest absolute Gasteiger partial charge is 0.493 e. The van der Waals surface area contributed by atoms with Crippen molar-refractivity contribution in [2.24, 2.45) is 0 Å². The zero-order chi connectivity index (χ0) is 19.2. The molecule has 1 aliphatic rings. The van der Waals surface area contributed by atoms with Gasteiger partial charge in [0, 0.05) is 6.42 Å². The third-order valence-electron chi connectivity index (χ3n) is 3.80.